The number of carbonyl (C=O) groups is 1. The van der Waals surface area contributed by atoms with Gasteiger partial charge in [0.25, 0.3) is 0 Å². The molecule has 1 rings (SSSR count). The van der Waals surface area contributed by atoms with Crippen molar-refractivity contribution in [2.75, 3.05) is 6.61 Å². The summed E-state index contributed by atoms with van der Waals surface area (Å²) in [4.78, 5) is 11.2. The Morgan fingerprint density at radius 2 is 2.31 bits per heavy atom. The summed E-state index contributed by atoms with van der Waals surface area (Å²) in [5, 5.41) is 0. The first-order valence-corrected chi connectivity index (χ1v) is 6.07. The van der Waals surface area contributed by atoms with Gasteiger partial charge in [-0.15, -0.1) is 6.42 Å². The van der Waals surface area contributed by atoms with Gasteiger partial charge in [0.2, 0.25) is 0 Å². The monoisotopic (exact) mass is 223 g/mol. The Morgan fingerprint density at radius 1 is 1.50 bits per heavy atom. The highest BCUT2D eigenvalue weighted by Gasteiger charge is 2.18. The van der Waals surface area contributed by atoms with E-state index in [1.807, 2.05) is 0 Å². The Kier molecular flexibility index (Phi) is 5.95. The molecule has 90 valence electrons. The SMILES string of the molecule is C#CCOC(=O)CCCC1CCCC(N)C1. The Labute approximate surface area is 97.7 Å². The summed E-state index contributed by atoms with van der Waals surface area (Å²) in [6, 6.07) is 0.368. The fraction of sp³-hybridized carbons (Fsp3) is 0.769. The first kappa shape index (κ1) is 13.1. The van der Waals surface area contributed by atoms with Crippen molar-refractivity contribution in [1.29, 1.82) is 0 Å². The molecular weight excluding hydrogens is 202 g/mol. The fourth-order valence-corrected chi connectivity index (χ4v) is 2.32. The quantitative estimate of drug-likeness (QED) is 0.571. The van der Waals surface area contributed by atoms with Gasteiger partial charge in [-0.05, 0) is 31.6 Å². The standard InChI is InChI=1S/C13H21NO2/c1-2-9-16-13(15)8-4-6-11-5-3-7-12(14)10-11/h1,11-12H,3-10,14H2. The second-order valence-electron chi connectivity index (χ2n) is 4.55. The second kappa shape index (κ2) is 7.29. The molecule has 1 fully saturated rings. The maximum Gasteiger partial charge on any atom is 0.306 e. The van der Waals surface area contributed by atoms with Crippen LogP contribution in [0.5, 0.6) is 0 Å². The van der Waals surface area contributed by atoms with E-state index in [1.54, 1.807) is 0 Å². The van der Waals surface area contributed by atoms with E-state index in [4.69, 9.17) is 16.9 Å². The summed E-state index contributed by atoms with van der Waals surface area (Å²) < 4.78 is 4.80. The van der Waals surface area contributed by atoms with Crippen molar-refractivity contribution in [2.24, 2.45) is 11.7 Å². The molecule has 0 heterocycles. The number of hydrogen-bond donors (Lipinski definition) is 1. The van der Waals surface area contributed by atoms with Gasteiger partial charge in [0.05, 0.1) is 0 Å². The van der Waals surface area contributed by atoms with E-state index >= 15 is 0 Å². The first-order chi connectivity index (χ1) is 7.72. The van der Waals surface area contributed by atoms with Crippen LogP contribution in [0.2, 0.25) is 0 Å². The molecule has 0 aromatic heterocycles. The third-order valence-electron chi connectivity index (χ3n) is 3.13. The fourth-order valence-electron chi connectivity index (χ4n) is 2.32. The second-order valence-corrected chi connectivity index (χ2v) is 4.55. The molecule has 1 saturated carbocycles. The molecule has 2 unspecified atom stereocenters. The van der Waals surface area contributed by atoms with E-state index in [0.717, 1.165) is 25.7 Å². The van der Waals surface area contributed by atoms with Gasteiger partial charge in [-0.2, -0.15) is 0 Å². The Hall–Kier alpha value is -1.01. The highest BCUT2D eigenvalue weighted by Crippen LogP contribution is 2.27. The van der Waals surface area contributed by atoms with Crippen LogP contribution in [-0.2, 0) is 9.53 Å². The normalized spacial score (nSPS) is 24.8. The number of esters is 1. The number of ether oxygens (including phenoxy) is 1. The minimum atomic E-state index is -0.182. The van der Waals surface area contributed by atoms with Crippen LogP contribution in [0.15, 0.2) is 0 Å². The van der Waals surface area contributed by atoms with Crippen LogP contribution in [0.1, 0.15) is 44.9 Å². The summed E-state index contributed by atoms with van der Waals surface area (Å²) >= 11 is 0. The van der Waals surface area contributed by atoms with E-state index in [0.29, 0.717) is 18.4 Å². The predicted molar refractivity (Wildman–Crippen MR) is 63.6 cm³/mol. The molecule has 2 atom stereocenters. The van der Waals surface area contributed by atoms with Crippen molar-refractivity contribution in [3.05, 3.63) is 0 Å². The van der Waals surface area contributed by atoms with E-state index in [2.05, 4.69) is 5.92 Å². The van der Waals surface area contributed by atoms with Crippen molar-refractivity contribution in [3.63, 3.8) is 0 Å². The molecule has 1 aliphatic rings. The Balaban J connectivity index is 2.06. The van der Waals surface area contributed by atoms with Crippen molar-refractivity contribution in [1.82, 2.24) is 0 Å². The van der Waals surface area contributed by atoms with Crippen LogP contribution in [0, 0.1) is 18.3 Å². The van der Waals surface area contributed by atoms with Gasteiger partial charge in [0.1, 0.15) is 0 Å². The Bertz CT molecular complexity index is 257. The highest BCUT2D eigenvalue weighted by molar-refractivity contribution is 5.69. The molecule has 16 heavy (non-hydrogen) atoms. The molecule has 2 N–H and O–H groups in total. The lowest BCUT2D eigenvalue weighted by atomic mass is 9.83. The van der Waals surface area contributed by atoms with Crippen molar-refractivity contribution in [2.45, 2.75) is 51.0 Å². The molecule has 0 saturated heterocycles. The third kappa shape index (κ3) is 5.18. The van der Waals surface area contributed by atoms with E-state index < -0.39 is 0 Å². The van der Waals surface area contributed by atoms with Gasteiger partial charge in [-0.1, -0.05) is 18.8 Å². The van der Waals surface area contributed by atoms with Gasteiger partial charge >= 0.3 is 5.97 Å². The topological polar surface area (TPSA) is 52.3 Å². The average molecular weight is 223 g/mol. The smallest absolute Gasteiger partial charge is 0.306 e. The van der Waals surface area contributed by atoms with Crippen LogP contribution >= 0.6 is 0 Å². The van der Waals surface area contributed by atoms with Gasteiger partial charge < -0.3 is 10.5 Å². The summed E-state index contributed by atoms with van der Waals surface area (Å²) in [7, 11) is 0. The minimum Gasteiger partial charge on any atom is -0.452 e. The largest absolute Gasteiger partial charge is 0.452 e. The molecule has 0 aromatic carbocycles. The lowest BCUT2D eigenvalue weighted by molar-refractivity contribution is -0.142. The van der Waals surface area contributed by atoms with Crippen LogP contribution in [0.4, 0.5) is 0 Å². The molecule has 0 radical (unpaired) electrons. The van der Waals surface area contributed by atoms with Crippen LogP contribution < -0.4 is 5.73 Å². The lowest BCUT2D eigenvalue weighted by Gasteiger charge is -2.26. The molecule has 0 aromatic rings. The molecule has 1 aliphatic carbocycles. The number of terminal acetylenes is 1. The molecule has 0 aliphatic heterocycles. The maximum atomic E-state index is 11.2. The number of hydrogen-bond acceptors (Lipinski definition) is 3. The molecule has 0 amide bonds. The summed E-state index contributed by atoms with van der Waals surface area (Å²) in [6.07, 6.45) is 12.2. The summed E-state index contributed by atoms with van der Waals surface area (Å²) in [6.45, 7) is 0.0904. The molecule has 0 spiro atoms. The molecule has 0 bridgehead atoms. The molecular formula is C13H21NO2. The average Bonchev–Trinajstić information content (AvgIpc) is 2.26. The minimum absolute atomic E-state index is 0.0904. The number of rotatable bonds is 5. The lowest BCUT2D eigenvalue weighted by Crippen LogP contribution is -2.27. The van der Waals surface area contributed by atoms with E-state index in [1.165, 1.54) is 12.8 Å². The molecule has 3 nitrogen and oxygen atoms in total. The summed E-state index contributed by atoms with van der Waals surface area (Å²) in [5.74, 6) is 2.80. The zero-order valence-corrected chi connectivity index (χ0v) is 9.78. The summed E-state index contributed by atoms with van der Waals surface area (Å²) in [5.41, 5.74) is 5.91. The molecule has 3 heteroatoms. The maximum absolute atomic E-state index is 11.2. The number of nitrogens with two attached hydrogens (primary N) is 1. The van der Waals surface area contributed by atoms with E-state index in [9.17, 15) is 4.79 Å². The van der Waals surface area contributed by atoms with Crippen molar-refractivity contribution in [3.8, 4) is 12.3 Å². The van der Waals surface area contributed by atoms with Crippen molar-refractivity contribution < 1.29 is 9.53 Å². The van der Waals surface area contributed by atoms with Crippen LogP contribution in [0.3, 0.4) is 0 Å². The van der Waals surface area contributed by atoms with Gasteiger partial charge in [-0.25, -0.2) is 0 Å². The highest BCUT2D eigenvalue weighted by atomic mass is 16.5. The van der Waals surface area contributed by atoms with Gasteiger partial charge in [0, 0.05) is 12.5 Å². The number of carbonyl (C=O) groups excluding carboxylic acids is 1. The van der Waals surface area contributed by atoms with Gasteiger partial charge in [-0.3, -0.25) is 4.79 Å². The van der Waals surface area contributed by atoms with Gasteiger partial charge in [0.15, 0.2) is 6.61 Å². The zero-order valence-electron chi connectivity index (χ0n) is 9.78. The van der Waals surface area contributed by atoms with Crippen LogP contribution in [-0.4, -0.2) is 18.6 Å². The zero-order chi connectivity index (χ0) is 11.8. The van der Waals surface area contributed by atoms with Crippen molar-refractivity contribution >= 4 is 5.97 Å². The predicted octanol–water partition coefficient (Wildman–Crippen LogP) is 1.85. The van der Waals surface area contributed by atoms with E-state index in [-0.39, 0.29) is 12.6 Å². The first-order valence-electron chi connectivity index (χ1n) is 6.07. The van der Waals surface area contributed by atoms with Crippen LogP contribution in [0.25, 0.3) is 0 Å². The third-order valence-corrected chi connectivity index (χ3v) is 3.13. The Morgan fingerprint density at radius 3 is 3.00 bits per heavy atom.